The fourth-order valence-corrected chi connectivity index (χ4v) is 2.70. The van der Waals surface area contributed by atoms with Crippen LogP contribution in [-0.2, 0) is 16.0 Å². The zero-order chi connectivity index (χ0) is 16.4. The van der Waals surface area contributed by atoms with E-state index in [0.717, 1.165) is 22.4 Å². The van der Waals surface area contributed by atoms with Crippen molar-refractivity contribution in [3.8, 4) is 11.6 Å². The average molecular weight is 311 g/mol. The summed E-state index contributed by atoms with van der Waals surface area (Å²) in [4.78, 5) is 26.9. The summed E-state index contributed by atoms with van der Waals surface area (Å²) in [5.74, 6) is 0.0399. The van der Waals surface area contributed by atoms with E-state index in [1.54, 1.807) is 6.20 Å². The molecule has 0 saturated carbocycles. The fraction of sp³-hybridized carbons (Fsp3) is 0.278. The molecule has 1 aliphatic heterocycles. The number of Topliss-reactive ketones (excluding diaryl/α,β-unsaturated/α-hetero) is 1. The highest BCUT2D eigenvalue weighted by Gasteiger charge is 2.21. The van der Waals surface area contributed by atoms with Crippen molar-refractivity contribution in [3.05, 3.63) is 53.2 Å². The lowest BCUT2D eigenvalue weighted by molar-refractivity contribution is -0.138. The monoisotopic (exact) mass is 311 g/mol. The molecule has 1 aromatic carbocycles. The Balaban J connectivity index is 1.79. The number of hydrogen-bond acceptors (Lipinski definition) is 4. The van der Waals surface area contributed by atoms with Crippen LogP contribution in [-0.4, -0.2) is 21.8 Å². The highest BCUT2D eigenvalue weighted by molar-refractivity contribution is 5.87. The lowest BCUT2D eigenvalue weighted by Gasteiger charge is -2.20. The van der Waals surface area contributed by atoms with Crippen LogP contribution in [0.1, 0.15) is 42.4 Å². The molecular formula is C18H17NO4. The Morgan fingerprint density at radius 1 is 1.26 bits per heavy atom. The number of carbonyl (C=O) groups excluding carboxylic acids is 1. The van der Waals surface area contributed by atoms with Crippen LogP contribution in [0.25, 0.3) is 0 Å². The van der Waals surface area contributed by atoms with Crippen molar-refractivity contribution in [2.45, 2.75) is 32.1 Å². The van der Waals surface area contributed by atoms with Crippen LogP contribution in [0.5, 0.6) is 11.6 Å². The maximum absolute atomic E-state index is 12.1. The highest BCUT2D eigenvalue weighted by atomic mass is 16.5. The molecule has 1 unspecified atom stereocenters. The van der Waals surface area contributed by atoms with Crippen molar-refractivity contribution in [2.75, 3.05) is 0 Å². The molecule has 1 aromatic heterocycles. The molecule has 3 rings (SSSR count). The van der Waals surface area contributed by atoms with E-state index in [9.17, 15) is 9.59 Å². The number of aliphatic carboxylic acids is 1. The Morgan fingerprint density at radius 3 is 2.87 bits per heavy atom. The molecular weight excluding hydrogens is 294 g/mol. The van der Waals surface area contributed by atoms with E-state index in [1.807, 2.05) is 37.3 Å². The Labute approximate surface area is 133 Å². The summed E-state index contributed by atoms with van der Waals surface area (Å²) in [7, 11) is 0. The van der Waals surface area contributed by atoms with Crippen LogP contribution in [0.2, 0.25) is 0 Å². The highest BCUT2D eigenvalue weighted by Crippen LogP contribution is 2.36. The van der Waals surface area contributed by atoms with Crippen molar-refractivity contribution in [3.63, 3.8) is 0 Å². The van der Waals surface area contributed by atoms with Crippen molar-refractivity contribution < 1.29 is 19.4 Å². The van der Waals surface area contributed by atoms with Gasteiger partial charge in [0.25, 0.3) is 0 Å². The summed E-state index contributed by atoms with van der Waals surface area (Å²) in [5, 5.41) is 8.69. The Kier molecular flexibility index (Phi) is 4.10. The number of pyridine rings is 1. The van der Waals surface area contributed by atoms with E-state index in [2.05, 4.69) is 4.98 Å². The number of carboxylic acids is 1. The molecule has 0 aliphatic carbocycles. The molecule has 2 heterocycles. The largest absolute Gasteiger partial charge is 0.481 e. The second-order valence-corrected chi connectivity index (χ2v) is 5.70. The van der Waals surface area contributed by atoms with Crippen molar-refractivity contribution in [1.29, 1.82) is 0 Å². The molecule has 0 fully saturated rings. The van der Waals surface area contributed by atoms with Crippen molar-refractivity contribution >= 4 is 11.8 Å². The number of hydrogen-bond donors (Lipinski definition) is 1. The van der Waals surface area contributed by atoms with Gasteiger partial charge in [0, 0.05) is 30.5 Å². The first-order valence-electron chi connectivity index (χ1n) is 7.53. The lowest BCUT2D eigenvalue weighted by Crippen LogP contribution is -2.12. The maximum atomic E-state index is 12.1. The lowest BCUT2D eigenvalue weighted by atomic mass is 9.91. The van der Waals surface area contributed by atoms with Crippen LogP contribution >= 0.6 is 0 Å². The SMILES string of the molecule is CC(C(=O)CCC(=O)O)c1ccc2c(c1)Cc1cccnc1O2. The fourth-order valence-electron chi connectivity index (χ4n) is 2.70. The minimum Gasteiger partial charge on any atom is -0.481 e. The molecule has 1 aliphatic rings. The topological polar surface area (TPSA) is 76.5 Å². The molecule has 118 valence electrons. The Morgan fingerprint density at radius 2 is 2.09 bits per heavy atom. The van der Waals surface area contributed by atoms with Gasteiger partial charge in [-0.05, 0) is 23.3 Å². The number of aromatic nitrogens is 1. The van der Waals surface area contributed by atoms with Crippen LogP contribution in [0, 0.1) is 0 Å². The summed E-state index contributed by atoms with van der Waals surface area (Å²) in [6.07, 6.45) is 2.33. The van der Waals surface area contributed by atoms with Gasteiger partial charge in [-0.2, -0.15) is 0 Å². The molecule has 5 heteroatoms. The molecule has 5 nitrogen and oxygen atoms in total. The summed E-state index contributed by atoms with van der Waals surface area (Å²) >= 11 is 0. The predicted octanol–water partition coefficient (Wildman–Crippen LogP) is 3.32. The minimum absolute atomic E-state index is 0.0524. The van der Waals surface area contributed by atoms with Gasteiger partial charge in [-0.15, -0.1) is 0 Å². The summed E-state index contributed by atoms with van der Waals surface area (Å²) in [5.41, 5.74) is 2.91. The predicted molar refractivity (Wildman–Crippen MR) is 83.9 cm³/mol. The number of carboxylic acid groups (broad SMARTS) is 1. The molecule has 0 saturated heterocycles. The van der Waals surface area contributed by atoms with Gasteiger partial charge in [-0.1, -0.05) is 25.1 Å². The van der Waals surface area contributed by atoms with E-state index in [4.69, 9.17) is 9.84 Å². The van der Waals surface area contributed by atoms with E-state index < -0.39 is 5.97 Å². The molecule has 0 bridgehead atoms. The second-order valence-electron chi connectivity index (χ2n) is 5.70. The first kappa shape index (κ1) is 15.2. The van der Waals surface area contributed by atoms with Gasteiger partial charge < -0.3 is 9.84 Å². The van der Waals surface area contributed by atoms with Crippen LogP contribution in [0.3, 0.4) is 0 Å². The van der Waals surface area contributed by atoms with Gasteiger partial charge >= 0.3 is 5.97 Å². The number of carbonyl (C=O) groups is 2. The number of rotatable bonds is 5. The minimum atomic E-state index is -0.950. The molecule has 23 heavy (non-hydrogen) atoms. The van der Waals surface area contributed by atoms with Gasteiger partial charge in [0.1, 0.15) is 11.5 Å². The third-order valence-corrected chi connectivity index (χ3v) is 4.09. The average Bonchev–Trinajstić information content (AvgIpc) is 2.56. The molecule has 1 N–H and O–H groups in total. The maximum Gasteiger partial charge on any atom is 0.303 e. The van der Waals surface area contributed by atoms with E-state index in [0.29, 0.717) is 12.3 Å². The number of fused-ring (bicyclic) bond motifs is 2. The zero-order valence-electron chi connectivity index (χ0n) is 12.8. The number of nitrogens with zero attached hydrogens (tertiary/aromatic N) is 1. The van der Waals surface area contributed by atoms with Gasteiger partial charge in [0.2, 0.25) is 5.88 Å². The van der Waals surface area contributed by atoms with Crippen LogP contribution < -0.4 is 4.74 Å². The molecule has 0 radical (unpaired) electrons. The molecule has 1 atom stereocenters. The third-order valence-electron chi connectivity index (χ3n) is 4.09. The van der Waals surface area contributed by atoms with E-state index in [1.165, 1.54) is 0 Å². The van der Waals surface area contributed by atoms with E-state index >= 15 is 0 Å². The third kappa shape index (κ3) is 3.23. The molecule has 0 amide bonds. The van der Waals surface area contributed by atoms with Gasteiger partial charge in [-0.25, -0.2) is 4.98 Å². The number of benzene rings is 1. The summed E-state index contributed by atoms with van der Waals surface area (Å²) in [6, 6.07) is 9.52. The number of ether oxygens (including phenoxy) is 1. The van der Waals surface area contributed by atoms with Crippen molar-refractivity contribution in [1.82, 2.24) is 4.98 Å². The summed E-state index contributed by atoms with van der Waals surface area (Å²) in [6.45, 7) is 1.81. The zero-order valence-corrected chi connectivity index (χ0v) is 12.8. The number of ketones is 1. The quantitative estimate of drug-likeness (QED) is 0.782. The smallest absolute Gasteiger partial charge is 0.303 e. The van der Waals surface area contributed by atoms with Crippen LogP contribution in [0.15, 0.2) is 36.5 Å². The van der Waals surface area contributed by atoms with Gasteiger partial charge in [-0.3, -0.25) is 9.59 Å². The standard InChI is InChI=1S/C18H17NO4/c1-11(15(20)5-7-17(21)22)12-4-6-16-14(9-12)10-13-3-2-8-19-18(13)23-16/h2-4,6,8-9,11H,5,7,10H2,1H3,(H,21,22). The summed E-state index contributed by atoms with van der Waals surface area (Å²) < 4.78 is 5.78. The molecule has 2 aromatic rings. The Hall–Kier alpha value is -2.69. The normalized spacial score (nSPS) is 13.4. The first-order valence-corrected chi connectivity index (χ1v) is 7.53. The second kappa shape index (κ2) is 6.20. The first-order chi connectivity index (χ1) is 11.0. The van der Waals surface area contributed by atoms with Crippen LogP contribution in [0.4, 0.5) is 0 Å². The van der Waals surface area contributed by atoms with Crippen molar-refractivity contribution in [2.24, 2.45) is 0 Å². The molecule has 0 spiro atoms. The van der Waals surface area contributed by atoms with Gasteiger partial charge in [0.05, 0.1) is 6.42 Å². The Bertz CT molecular complexity index is 769. The van der Waals surface area contributed by atoms with Gasteiger partial charge in [0.15, 0.2) is 0 Å². The van der Waals surface area contributed by atoms with E-state index in [-0.39, 0.29) is 24.5 Å².